The van der Waals surface area contributed by atoms with Crippen molar-refractivity contribution < 1.29 is 0 Å². The van der Waals surface area contributed by atoms with Gasteiger partial charge < -0.3 is 4.57 Å². The van der Waals surface area contributed by atoms with Crippen LogP contribution in [0.3, 0.4) is 0 Å². The Balaban J connectivity index is 1.62. The van der Waals surface area contributed by atoms with Gasteiger partial charge in [-0.05, 0) is 78.2 Å². The molecule has 128 valence electrons. The highest BCUT2D eigenvalue weighted by Crippen LogP contribution is 2.47. The van der Waals surface area contributed by atoms with Gasteiger partial charge in [-0.25, -0.2) is 0 Å². The van der Waals surface area contributed by atoms with Crippen LogP contribution in [0.5, 0.6) is 0 Å². The highest BCUT2D eigenvalue weighted by atomic mass is 127. The molecular formula is C22H23IN2. The lowest BCUT2D eigenvalue weighted by Crippen LogP contribution is -2.34. The van der Waals surface area contributed by atoms with Gasteiger partial charge in [0.05, 0.1) is 0 Å². The number of halogens is 1. The maximum atomic E-state index is 2.63. The highest BCUT2D eigenvalue weighted by molar-refractivity contribution is 14.1. The highest BCUT2D eigenvalue weighted by Gasteiger charge is 2.40. The quantitative estimate of drug-likeness (QED) is 0.508. The molecule has 2 aliphatic rings. The van der Waals surface area contributed by atoms with Crippen molar-refractivity contribution in [2.24, 2.45) is 0 Å². The molecule has 1 saturated heterocycles. The first-order chi connectivity index (χ1) is 12.2. The van der Waals surface area contributed by atoms with Crippen LogP contribution in [0.1, 0.15) is 35.7 Å². The number of hydrogen-bond donors (Lipinski definition) is 0. The van der Waals surface area contributed by atoms with Gasteiger partial charge >= 0.3 is 0 Å². The monoisotopic (exact) mass is 442 g/mol. The third-order valence-corrected chi connectivity index (χ3v) is 6.92. The van der Waals surface area contributed by atoms with Crippen molar-refractivity contribution in [2.75, 3.05) is 7.05 Å². The SMILES string of the molecule is CN1C2CCC1c1c(n(CCc3ccccc3)c3ccc(I)cc13)C2. The maximum absolute atomic E-state index is 2.63. The van der Waals surface area contributed by atoms with E-state index in [-0.39, 0.29) is 0 Å². The third-order valence-electron chi connectivity index (χ3n) is 6.25. The number of hydrogen-bond acceptors (Lipinski definition) is 1. The summed E-state index contributed by atoms with van der Waals surface area (Å²) in [5, 5.41) is 1.49. The summed E-state index contributed by atoms with van der Waals surface area (Å²) >= 11 is 2.45. The molecule has 0 spiro atoms. The second-order valence-electron chi connectivity index (χ2n) is 7.53. The number of aryl methyl sites for hydroxylation is 2. The van der Waals surface area contributed by atoms with Crippen LogP contribution in [0.4, 0.5) is 0 Å². The van der Waals surface area contributed by atoms with Crippen LogP contribution in [0.25, 0.3) is 10.9 Å². The minimum Gasteiger partial charge on any atom is -0.344 e. The van der Waals surface area contributed by atoms with Crippen molar-refractivity contribution in [3.63, 3.8) is 0 Å². The van der Waals surface area contributed by atoms with E-state index in [0.717, 1.165) is 19.0 Å². The van der Waals surface area contributed by atoms with Crippen LogP contribution in [0, 0.1) is 3.57 Å². The lowest BCUT2D eigenvalue weighted by atomic mass is 9.97. The summed E-state index contributed by atoms with van der Waals surface area (Å²) < 4.78 is 3.97. The lowest BCUT2D eigenvalue weighted by Gasteiger charge is -2.32. The Kier molecular flexibility index (Phi) is 3.90. The molecule has 2 aromatic carbocycles. The molecule has 1 aromatic heterocycles. The molecule has 3 heteroatoms. The zero-order chi connectivity index (χ0) is 17.0. The van der Waals surface area contributed by atoms with Crippen molar-refractivity contribution >= 4 is 33.5 Å². The molecule has 3 heterocycles. The van der Waals surface area contributed by atoms with E-state index in [9.17, 15) is 0 Å². The Hall–Kier alpha value is -1.33. The number of likely N-dealkylation sites (N-methyl/N-ethyl adjacent to an activating group) is 1. The van der Waals surface area contributed by atoms with E-state index in [1.54, 1.807) is 11.3 Å². The van der Waals surface area contributed by atoms with Gasteiger partial charge in [0.25, 0.3) is 0 Å². The molecule has 2 aliphatic heterocycles. The number of rotatable bonds is 3. The van der Waals surface area contributed by atoms with Crippen LogP contribution in [-0.4, -0.2) is 22.6 Å². The standard InChI is InChI=1S/C22H23IN2/c1-24-17-8-10-20(24)22-18-13-16(23)7-9-19(18)25(21(22)14-17)12-11-15-5-3-2-4-6-15/h2-7,9,13,17,20H,8,10-12,14H2,1H3. The van der Waals surface area contributed by atoms with Crippen molar-refractivity contribution in [1.82, 2.24) is 9.47 Å². The average molecular weight is 442 g/mol. The Bertz CT molecular complexity index is 928. The Morgan fingerprint density at radius 3 is 2.76 bits per heavy atom. The van der Waals surface area contributed by atoms with Gasteiger partial charge in [0, 0.05) is 45.2 Å². The van der Waals surface area contributed by atoms with E-state index in [1.807, 2.05) is 0 Å². The van der Waals surface area contributed by atoms with Crippen molar-refractivity contribution in [1.29, 1.82) is 0 Å². The number of aromatic nitrogens is 1. The number of fused-ring (bicyclic) bond motifs is 6. The molecule has 2 bridgehead atoms. The maximum Gasteiger partial charge on any atom is 0.0486 e. The smallest absolute Gasteiger partial charge is 0.0486 e. The molecule has 0 aliphatic carbocycles. The summed E-state index contributed by atoms with van der Waals surface area (Å²) in [6.45, 7) is 1.08. The van der Waals surface area contributed by atoms with Gasteiger partial charge in [0.2, 0.25) is 0 Å². The van der Waals surface area contributed by atoms with E-state index < -0.39 is 0 Å². The summed E-state index contributed by atoms with van der Waals surface area (Å²) in [7, 11) is 2.33. The second-order valence-corrected chi connectivity index (χ2v) is 8.77. The minimum absolute atomic E-state index is 0.618. The Morgan fingerprint density at radius 1 is 1.08 bits per heavy atom. The molecule has 2 nitrogen and oxygen atoms in total. The molecule has 2 atom stereocenters. The van der Waals surface area contributed by atoms with Crippen molar-refractivity contribution in [2.45, 2.75) is 44.3 Å². The van der Waals surface area contributed by atoms with E-state index >= 15 is 0 Å². The van der Waals surface area contributed by atoms with E-state index in [2.05, 4.69) is 87.6 Å². The van der Waals surface area contributed by atoms with Gasteiger partial charge in [-0.2, -0.15) is 0 Å². The molecule has 2 unspecified atom stereocenters. The van der Waals surface area contributed by atoms with Crippen molar-refractivity contribution in [3.05, 3.63) is 68.9 Å². The minimum atomic E-state index is 0.618. The fraction of sp³-hybridized carbons (Fsp3) is 0.364. The van der Waals surface area contributed by atoms with Gasteiger partial charge in [-0.1, -0.05) is 30.3 Å². The van der Waals surface area contributed by atoms with Gasteiger partial charge in [0.1, 0.15) is 0 Å². The number of benzene rings is 2. The molecule has 0 N–H and O–H groups in total. The van der Waals surface area contributed by atoms with Crippen LogP contribution >= 0.6 is 22.6 Å². The van der Waals surface area contributed by atoms with Crippen molar-refractivity contribution in [3.8, 4) is 0 Å². The Labute approximate surface area is 163 Å². The van der Waals surface area contributed by atoms with Crippen LogP contribution in [0.2, 0.25) is 0 Å². The third kappa shape index (κ3) is 2.55. The predicted molar refractivity (Wildman–Crippen MR) is 112 cm³/mol. The fourth-order valence-electron chi connectivity index (χ4n) is 4.97. The molecule has 3 aromatic rings. The van der Waals surface area contributed by atoms with Gasteiger partial charge in [-0.3, -0.25) is 4.90 Å². The summed E-state index contributed by atoms with van der Waals surface area (Å²) in [5.41, 5.74) is 6.10. The summed E-state index contributed by atoms with van der Waals surface area (Å²) in [6.07, 6.45) is 4.98. The molecular weight excluding hydrogens is 419 g/mol. The zero-order valence-electron chi connectivity index (χ0n) is 14.6. The first-order valence-corrected chi connectivity index (χ1v) is 10.4. The molecule has 0 radical (unpaired) electrons. The van der Waals surface area contributed by atoms with E-state index in [4.69, 9.17) is 0 Å². The first kappa shape index (κ1) is 15.9. The molecule has 0 saturated carbocycles. The zero-order valence-corrected chi connectivity index (χ0v) is 16.7. The largest absolute Gasteiger partial charge is 0.344 e. The summed E-state index contributed by atoms with van der Waals surface area (Å²) in [4.78, 5) is 2.63. The van der Waals surface area contributed by atoms with E-state index in [0.29, 0.717) is 6.04 Å². The molecule has 0 amide bonds. The van der Waals surface area contributed by atoms with E-state index in [1.165, 1.54) is 39.3 Å². The topological polar surface area (TPSA) is 8.17 Å². The molecule has 1 fully saturated rings. The normalized spacial score (nSPS) is 22.5. The van der Waals surface area contributed by atoms with Crippen LogP contribution in [0.15, 0.2) is 48.5 Å². The first-order valence-electron chi connectivity index (χ1n) is 9.29. The Morgan fingerprint density at radius 2 is 1.92 bits per heavy atom. The lowest BCUT2D eigenvalue weighted by molar-refractivity contribution is 0.222. The van der Waals surface area contributed by atoms with Gasteiger partial charge in [-0.15, -0.1) is 0 Å². The van der Waals surface area contributed by atoms with Crippen LogP contribution in [-0.2, 0) is 19.4 Å². The molecule has 25 heavy (non-hydrogen) atoms. The summed E-state index contributed by atoms with van der Waals surface area (Å²) in [6, 6.07) is 19.3. The summed E-state index contributed by atoms with van der Waals surface area (Å²) in [5.74, 6) is 0. The average Bonchev–Trinajstić information content (AvgIpc) is 3.04. The predicted octanol–water partition coefficient (Wildman–Crippen LogP) is 5.18. The fourth-order valence-corrected chi connectivity index (χ4v) is 5.46. The van der Waals surface area contributed by atoms with Gasteiger partial charge in [0.15, 0.2) is 0 Å². The van der Waals surface area contributed by atoms with Crippen LogP contribution < -0.4 is 0 Å². The second kappa shape index (κ2) is 6.13. The molecule has 5 rings (SSSR count). The number of nitrogens with zero attached hydrogens (tertiary/aromatic N) is 2.